The van der Waals surface area contributed by atoms with E-state index in [1.165, 1.54) is 32.1 Å². The average molecular weight is 554 g/mol. The van der Waals surface area contributed by atoms with Crippen LogP contribution in [0.5, 0.6) is 5.75 Å². The van der Waals surface area contributed by atoms with Gasteiger partial charge in [-0.25, -0.2) is 4.98 Å². The Morgan fingerprint density at radius 1 is 1.20 bits per heavy atom. The third-order valence-corrected chi connectivity index (χ3v) is 9.18. The Bertz CT molecular complexity index is 1480. The van der Waals surface area contributed by atoms with E-state index in [-0.39, 0.29) is 22.7 Å². The van der Waals surface area contributed by atoms with Gasteiger partial charge in [-0.1, -0.05) is 45.2 Å². The standard InChI is InChI=1S/C32H39N7O2/c1-31(2)19-41-28-22(18-34-24-9-5-4-6-10-24)12-26(37-29(28)31)30(40)36-25-11-7-8-23(13-25)32(14-21(15-32)17-33)16-27-38-35-20-39(27)3/h7-8,11-13,20-21,24,34H,4-6,9-10,14-16,18-19H2,1-3H3,(H,36,40). The molecule has 3 aliphatic rings. The van der Waals surface area contributed by atoms with E-state index in [0.717, 1.165) is 41.2 Å². The van der Waals surface area contributed by atoms with Gasteiger partial charge in [-0.3, -0.25) is 4.79 Å². The van der Waals surface area contributed by atoms with Crippen molar-refractivity contribution < 1.29 is 9.53 Å². The molecule has 2 aliphatic carbocycles. The van der Waals surface area contributed by atoms with Gasteiger partial charge in [0.15, 0.2) is 0 Å². The highest BCUT2D eigenvalue weighted by atomic mass is 16.5. The molecule has 0 spiro atoms. The molecule has 214 valence electrons. The second-order valence-corrected chi connectivity index (χ2v) is 12.8. The number of amides is 1. The maximum atomic E-state index is 13.6. The highest BCUT2D eigenvalue weighted by Gasteiger charge is 2.46. The lowest BCUT2D eigenvalue weighted by Crippen LogP contribution is -2.43. The number of nitrogens with zero attached hydrogens (tertiary/aromatic N) is 5. The van der Waals surface area contributed by atoms with E-state index >= 15 is 0 Å². The Kier molecular flexibility index (Phi) is 7.28. The molecule has 0 radical (unpaired) electrons. The highest BCUT2D eigenvalue weighted by Crippen LogP contribution is 2.50. The number of hydrogen-bond acceptors (Lipinski definition) is 7. The SMILES string of the molecule is Cn1cnnc1CC1(c2cccc(NC(=O)c3cc(CNC4CCCCC4)c4c(n3)C(C)(C)CO4)c2)CC(C#N)C1. The molecule has 9 heteroatoms. The van der Waals surface area contributed by atoms with Gasteiger partial charge >= 0.3 is 0 Å². The number of anilines is 1. The Morgan fingerprint density at radius 3 is 2.73 bits per heavy atom. The van der Waals surface area contributed by atoms with Crippen molar-refractivity contribution in [3.8, 4) is 11.8 Å². The maximum Gasteiger partial charge on any atom is 0.274 e. The number of nitrogens with one attached hydrogen (secondary N) is 2. The van der Waals surface area contributed by atoms with E-state index in [2.05, 4.69) is 46.8 Å². The molecular weight excluding hydrogens is 514 g/mol. The molecule has 2 saturated carbocycles. The number of aryl methyl sites for hydroxylation is 1. The lowest BCUT2D eigenvalue weighted by Gasteiger charge is -2.45. The van der Waals surface area contributed by atoms with Gasteiger partial charge in [-0.2, -0.15) is 5.26 Å². The van der Waals surface area contributed by atoms with Crippen molar-refractivity contribution in [3.05, 3.63) is 65.0 Å². The monoisotopic (exact) mass is 553 g/mol. The number of fused-ring (bicyclic) bond motifs is 1. The van der Waals surface area contributed by atoms with Gasteiger partial charge in [0.1, 0.15) is 23.6 Å². The summed E-state index contributed by atoms with van der Waals surface area (Å²) < 4.78 is 8.04. The fraction of sp³-hybridized carbons (Fsp3) is 0.531. The largest absolute Gasteiger partial charge is 0.490 e. The maximum absolute atomic E-state index is 13.6. The first-order chi connectivity index (χ1) is 19.8. The summed E-state index contributed by atoms with van der Waals surface area (Å²) in [4.78, 5) is 18.4. The second kappa shape index (κ2) is 10.9. The van der Waals surface area contributed by atoms with Crippen molar-refractivity contribution in [2.75, 3.05) is 11.9 Å². The number of ether oxygens (including phenoxy) is 1. The fourth-order valence-electron chi connectivity index (χ4n) is 6.68. The molecule has 0 unspecified atom stereocenters. The molecule has 1 aromatic carbocycles. The van der Waals surface area contributed by atoms with E-state index in [1.54, 1.807) is 6.33 Å². The van der Waals surface area contributed by atoms with Gasteiger partial charge in [0.2, 0.25) is 0 Å². The quantitative estimate of drug-likeness (QED) is 0.404. The van der Waals surface area contributed by atoms with Crippen molar-refractivity contribution in [1.29, 1.82) is 5.26 Å². The number of carbonyl (C=O) groups excluding carboxylic acids is 1. The molecule has 41 heavy (non-hydrogen) atoms. The Labute approximate surface area is 241 Å². The molecule has 9 nitrogen and oxygen atoms in total. The van der Waals surface area contributed by atoms with E-state index in [4.69, 9.17) is 9.72 Å². The zero-order valence-corrected chi connectivity index (χ0v) is 24.2. The Balaban J connectivity index is 1.24. The van der Waals surface area contributed by atoms with Crippen LogP contribution in [0.15, 0.2) is 36.7 Å². The van der Waals surface area contributed by atoms with Crippen molar-refractivity contribution in [1.82, 2.24) is 25.1 Å². The zero-order valence-electron chi connectivity index (χ0n) is 24.2. The summed E-state index contributed by atoms with van der Waals surface area (Å²) in [5.41, 5.74) is 3.56. The van der Waals surface area contributed by atoms with Crippen LogP contribution < -0.4 is 15.4 Å². The molecule has 0 saturated heterocycles. The summed E-state index contributed by atoms with van der Waals surface area (Å²) in [6, 6.07) is 12.8. The minimum Gasteiger partial charge on any atom is -0.490 e. The first-order valence-electron chi connectivity index (χ1n) is 14.8. The van der Waals surface area contributed by atoms with Crippen LogP contribution in [0.3, 0.4) is 0 Å². The number of pyridine rings is 1. The first-order valence-corrected chi connectivity index (χ1v) is 14.8. The van der Waals surface area contributed by atoms with E-state index in [1.807, 2.05) is 35.9 Å². The van der Waals surface area contributed by atoms with Crippen molar-refractivity contribution >= 4 is 11.6 Å². The summed E-state index contributed by atoms with van der Waals surface area (Å²) >= 11 is 0. The van der Waals surface area contributed by atoms with Crippen molar-refractivity contribution in [2.45, 2.75) is 88.6 Å². The number of carbonyl (C=O) groups is 1. The second-order valence-electron chi connectivity index (χ2n) is 12.8. The minimum absolute atomic E-state index is 0.0169. The van der Waals surface area contributed by atoms with Gasteiger partial charge < -0.3 is 19.9 Å². The Hall–Kier alpha value is -3.77. The van der Waals surface area contributed by atoms with Crippen LogP contribution in [0, 0.1) is 17.2 Å². The van der Waals surface area contributed by atoms with Crippen LogP contribution in [-0.4, -0.2) is 38.3 Å². The number of nitriles is 1. The molecule has 2 N–H and O–H groups in total. The van der Waals surface area contributed by atoms with Crippen LogP contribution in [0.25, 0.3) is 0 Å². The molecule has 3 aromatic rings. The van der Waals surface area contributed by atoms with E-state index in [0.29, 0.717) is 37.0 Å². The number of benzene rings is 1. The lowest BCUT2D eigenvalue weighted by atomic mass is 9.57. The molecule has 2 aromatic heterocycles. The molecule has 0 bridgehead atoms. The Morgan fingerprint density at radius 2 is 2.00 bits per heavy atom. The van der Waals surface area contributed by atoms with Crippen molar-refractivity contribution in [2.24, 2.45) is 13.0 Å². The molecule has 1 amide bonds. The van der Waals surface area contributed by atoms with Crippen LogP contribution in [-0.2, 0) is 30.8 Å². The van der Waals surface area contributed by atoms with Gasteiger partial charge in [-0.05, 0) is 49.4 Å². The predicted octanol–water partition coefficient (Wildman–Crippen LogP) is 4.97. The summed E-state index contributed by atoms with van der Waals surface area (Å²) in [5, 5.41) is 24.7. The summed E-state index contributed by atoms with van der Waals surface area (Å²) in [5.74, 6) is 1.48. The van der Waals surface area contributed by atoms with Gasteiger partial charge in [-0.15, -0.1) is 10.2 Å². The van der Waals surface area contributed by atoms with Crippen LogP contribution in [0.4, 0.5) is 5.69 Å². The number of hydrogen-bond donors (Lipinski definition) is 2. The van der Waals surface area contributed by atoms with E-state index in [9.17, 15) is 10.1 Å². The van der Waals surface area contributed by atoms with Gasteiger partial charge in [0, 0.05) is 54.1 Å². The summed E-state index contributed by atoms with van der Waals surface area (Å²) in [6.07, 6.45) is 10.1. The number of aromatic nitrogens is 4. The fourth-order valence-corrected chi connectivity index (χ4v) is 6.68. The molecule has 6 rings (SSSR count). The van der Waals surface area contributed by atoms with Gasteiger partial charge in [0.05, 0.1) is 18.4 Å². The van der Waals surface area contributed by atoms with Crippen molar-refractivity contribution in [3.63, 3.8) is 0 Å². The average Bonchev–Trinajstić information content (AvgIpc) is 3.50. The normalized spacial score (nSPS) is 23.2. The predicted molar refractivity (Wildman–Crippen MR) is 156 cm³/mol. The highest BCUT2D eigenvalue weighted by molar-refractivity contribution is 6.03. The topological polar surface area (TPSA) is 118 Å². The smallest absolute Gasteiger partial charge is 0.274 e. The molecule has 1 aliphatic heterocycles. The minimum atomic E-state index is -0.265. The van der Waals surface area contributed by atoms with Crippen LogP contribution in [0.2, 0.25) is 0 Å². The lowest BCUT2D eigenvalue weighted by molar-refractivity contribution is 0.102. The zero-order chi connectivity index (χ0) is 28.6. The molecule has 3 heterocycles. The molecule has 0 atom stereocenters. The third-order valence-electron chi connectivity index (χ3n) is 9.18. The first kappa shape index (κ1) is 27.4. The summed E-state index contributed by atoms with van der Waals surface area (Å²) in [7, 11) is 1.94. The van der Waals surface area contributed by atoms with E-state index < -0.39 is 0 Å². The molecular formula is C32H39N7O2. The van der Waals surface area contributed by atoms with Crippen LogP contribution in [0.1, 0.15) is 91.9 Å². The van der Waals surface area contributed by atoms with Crippen LogP contribution >= 0.6 is 0 Å². The summed E-state index contributed by atoms with van der Waals surface area (Å²) in [6.45, 7) is 5.43. The molecule has 2 fully saturated rings. The number of rotatable bonds is 8. The third kappa shape index (κ3) is 5.45. The van der Waals surface area contributed by atoms with Gasteiger partial charge in [0.25, 0.3) is 5.91 Å².